The van der Waals surface area contributed by atoms with Gasteiger partial charge in [0.05, 0.1) is 0 Å². The molecule has 0 atom stereocenters. The molecule has 0 unspecified atom stereocenters. The van der Waals surface area contributed by atoms with E-state index in [1.54, 1.807) is 0 Å². The molecule has 2 aromatic rings. The summed E-state index contributed by atoms with van der Waals surface area (Å²) in [6, 6.07) is 7.65. The molecule has 2 aromatic carbocycles. The molecule has 2 rings (SSSR count). The molecule has 136 valence electrons. The maximum atomic E-state index is 13.3. The molecule has 4 heteroatoms. The first kappa shape index (κ1) is 20.2. The first-order valence-electron chi connectivity index (χ1n) is 8.62. The largest absolute Gasteiger partial charge is 0.292 e. The van der Waals surface area contributed by atoms with Crippen LogP contribution in [0.3, 0.4) is 0 Å². The molecule has 0 saturated heterocycles. The molecule has 0 saturated carbocycles. The topological polar surface area (TPSA) is 51.2 Å². The van der Waals surface area contributed by atoms with Crippen LogP contribution in [0, 0.1) is 41.5 Å². The Morgan fingerprint density at radius 3 is 1.19 bits per heavy atom. The second kappa shape index (κ2) is 7.25. The third-order valence-electron chi connectivity index (χ3n) is 4.88. The van der Waals surface area contributed by atoms with E-state index in [4.69, 9.17) is 0 Å². The zero-order valence-corrected chi connectivity index (χ0v) is 17.4. The Kier molecular flexibility index (Phi) is 5.63. The Morgan fingerprint density at radius 1 is 0.692 bits per heavy atom. The van der Waals surface area contributed by atoms with Crippen LogP contribution >= 0.6 is 8.46 Å². The molecule has 0 fully saturated rings. The quantitative estimate of drug-likeness (QED) is 0.389. The highest BCUT2D eigenvalue weighted by Gasteiger charge is 2.45. The van der Waals surface area contributed by atoms with Crippen molar-refractivity contribution >= 4 is 20.0 Å². The number of carbonyl (C=O) groups excluding carboxylic acids is 2. The molecule has 0 aliphatic rings. The monoisotopic (exact) mass is 368 g/mol. The lowest BCUT2D eigenvalue weighted by Crippen LogP contribution is -2.40. The smallest absolute Gasteiger partial charge is 0.188 e. The van der Waals surface area contributed by atoms with Crippen molar-refractivity contribution in [3.8, 4) is 0 Å². The van der Waals surface area contributed by atoms with Gasteiger partial charge >= 0.3 is 0 Å². The van der Waals surface area contributed by atoms with Gasteiger partial charge in [-0.15, -0.1) is 0 Å². The number of hydrogen-bond donors (Lipinski definition) is 0. The molecule has 0 spiro atoms. The highest BCUT2D eigenvalue weighted by molar-refractivity contribution is 7.30. The number of carbonyl (C=O) groups is 2. The Morgan fingerprint density at radius 2 is 0.962 bits per heavy atom. The molecule has 26 heavy (non-hydrogen) atoms. The first-order chi connectivity index (χ1) is 12.0. The minimum atomic E-state index is -1.64. The van der Waals surface area contributed by atoms with Gasteiger partial charge in [-0.05, 0) is 70.7 Å². The van der Waals surface area contributed by atoms with E-state index in [2.05, 4.69) is 0 Å². The molecule has 0 bridgehead atoms. The van der Waals surface area contributed by atoms with E-state index in [1.165, 1.54) is 6.92 Å². The lowest BCUT2D eigenvalue weighted by Gasteiger charge is -2.23. The number of Topliss-reactive ketones (excluding diaryl/α,β-unsaturated/α-hetero) is 2. The average Bonchev–Trinajstić information content (AvgIpc) is 2.51. The Balaban J connectivity index is 2.64. The van der Waals surface area contributed by atoms with Crippen molar-refractivity contribution in [2.24, 2.45) is 0 Å². The lowest BCUT2D eigenvalue weighted by atomic mass is 9.83. The number of rotatable bonds is 5. The van der Waals surface area contributed by atoms with Crippen LogP contribution in [0.5, 0.6) is 0 Å². The average molecular weight is 368 g/mol. The maximum absolute atomic E-state index is 13.3. The van der Waals surface area contributed by atoms with Crippen molar-refractivity contribution in [2.45, 2.75) is 53.6 Å². The van der Waals surface area contributed by atoms with Gasteiger partial charge < -0.3 is 0 Å². The first-order valence-corrected chi connectivity index (χ1v) is 9.44. The van der Waals surface area contributed by atoms with Gasteiger partial charge in [-0.25, -0.2) is 0 Å². The molecule has 0 aromatic heterocycles. The summed E-state index contributed by atoms with van der Waals surface area (Å²) in [5, 5.41) is -1.64. The van der Waals surface area contributed by atoms with Gasteiger partial charge in [0, 0.05) is 11.1 Å². The van der Waals surface area contributed by atoms with Crippen LogP contribution in [-0.4, -0.2) is 16.7 Å². The predicted molar refractivity (Wildman–Crippen MR) is 106 cm³/mol. The van der Waals surface area contributed by atoms with Crippen LogP contribution in [0.1, 0.15) is 61.0 Å². The molecule has 0 N–H and O–H groups in total. The van der Waals surface area contributed by atoms with Crippen molar-refractivity contribution in [1.29, 1.82) is 0 Å². The van der Waals surface area contributed by atoms with Crippen molar-refractivity contribution in [3.05, 3.63) is 68.8 Å². The summed E-state index contributed by atoms with van der Waals surface area (Å²) >= 11 is 0. The summed E-state index contributed by atoms with van der Waals surface area (Å²) in [5.74, 6) is -0.790. The number of hydrogen-bond acceptors (Lipinski definition) is 3. The van der Waals surface area contributed by atoms with Crippen molar-refractivity contribution in [1.82, 2.24) is 0 Å². The van der Waals surface area contributed by atoms with Gasteiger partial charge in [-0.3, -0.25) is 14.2 Å². The highest BCUT2D eigenvalue weighted by Crippen LogP contribution is 2.35. The number of aryl methyl sites for hydroxylation is 6. The van der Waals surface area contributed by atoms with Crippen LogP contribution in [0.4, 0.5) is 0 Å². The van der Waals surface area contributed by atoms with E-state index >= 15 is 0 Å². The van der Waals surface area contributed by atoms with Crippen molar-refractivity contribution in [3.63, 3.8) is 0 Å². The molecule has 0 radical (unpaired) electrons. The molecule has 0 heterocycles. The second-order valence-corrected chi connectivity index (χ2v) is 8.45. The Hall–Kier alpha value is -2.12. The Bertz CT molecular complexity index is 809. The van der Waals surface area contributed by atoms with E-state index in [0.29, 0.717) is 11.1 Å². The Labute approximate surface area is 157 Å². The van der Waals surface area contributed by atoms with Gasteiger partial charge in [-0.1, -0.05) is 35.4 Å². The van der Waals surface area contributed by atoms with Gasteiger partial charge in [0.1, 0.15) is 0 Å². The van der Waals surface area contributed by atoms with E-state index in [-0.39, 0.29) is 0 Å². The summed E-state index contributed by atoms with van der Waals surface area (Å²) in [4.78, 5) is 26.7. The SMILES string of the molecule is Cc1cc(C)c(C(=O)C(C)(P=O)C(=O)c2c(C)cc(C)cc2C)c(C)c1. The van der Waals surface area contributed by atoms with Crippen LogP contribution in [0.2, 0.25) is 0 Å². The number of ketones is 2. The van der Waals surface area contributed by atoms with E-state index in [1.807, 2.05) is 65.8 Å². The zero-order chi connectivity index (χ0) is 19.8. The van der Waals surface area contributed by atoms with Crippen LogP contribution in [0.25, 0.3) is 0 Å². The molecular weight excluding hydrogens is 343 g/mol. The van der Waals surface area contributed by atoms with Crippen LogP contribution in [0.15, 0.2) is 24.3 Å². The van der Waals surface area contributed by atoms with E-state index < -0.39 is 25.2 Å². The maximum Gasteiger partial charge on any atom is 0.188 e. The fourth-order valence-electron chi connectivity index (χ4n) is 3.75. The second-order valence-electron chi connectivity index (χ2n) is 7.37. The molecule has 0 aliphatic carbocycles. The van der Waals surface area contributed by atoms with Crippen molar-refractivity contribution < 1.29 is 14.2 Å². The zero-order valence-electron chi connectivity index (χ0n) is 16.5. The summed E-state index contributed by atoms with van der Waals surface area (Å²) < 4.78 is 12.1. The van der Waals surface area contributed by atoms with Gasteiger partial charge in [0.25, 0.3) is 0 Å². The van der Waals surface area contributed by atoms with Gasteiger partial charge in [0.15, 0.2) is 25.2 Å². The van der Waals surface area contributed by atoms with Gasteiger partial charge in [-0.2, -0.15) is 0 Å². The number of benzene rings is 2. The highest BCUT2D eigenvalue weighted by atomic mass is 31.1. The molecule has 0 aliphatic heterocycles. The van der Waals surface area contributed by atoms with Crippen LogP contribution in [-0.2, 0) is 4.57 Å². The third-order valence-corrected chi connectivity index (χ3v) is 5.65. The van der Waals surface area contributed by atoms with E-state index in [9.17, 15) is 14.2 Å². The molecular formula is C22H25O3P. The normalized spacial score (nSPS) is 11.7. The van der Waals surface area contributed by atoms with Crippen LogP contribution < -0.4 is 0 Å². The minimum absolute atomic E-state index is 0.395. The fourth-order valence-corrected chi connectivity index (χ4v) is 4.14. The minimum Gasteiger partial charge on any atom is -0.292 e. The summed E-state index contributed by atoms with van der Waals surface area (Å²) in [6.45, 7) is 12.8. The van der Waals surface area contributed by atoms with Gasteiger partial charge in [0.2, 0.25) is 0 Å². The standard InChI is InChI=1S/C22H25O3P/c1-12-8-14(3)18(15(4)9-12)20(23)22(7,26-25)21(24)19-16(5)10-13(2)11-17(19)6/h8-11H,1-7H3. The summed E-state index contributed by atoms with van der Waals surface area (Å²) in [5.41, 5.74) is 6.26. The molecule has 3 nitrogen and oxygen atoms in total. The lowest BCUT2D eigenvalue weighted by molar-refractivity contribution is 0.0843. The summed E-state index contributed by atoms with van der Waals surface area (Å²) in [6.07, 6.45) is 0. The molecule has 0 amide bonds. The third kappa shape index (κ3) is 3.41. The van der Waals surface area contributed by atoms with E-state index in [0.717, 1.165) is 33.4 Å². The predicted octanol–water partition coefficient (Wildman–Crippen LogP) is 5.65. The fraction of sp³-hybridized carbons (Fsp3) is 0.364. The summed E-state index contributed by atoms with van der Waals surface area (Å²) in [7, 11) is -0.492. The van der Waals surface area contributed by atoms with Crippen molar-refractivity contribution in [2.75, 3.05) is 0 Å².